The van der Waals surface area contributed by atoms with Crippen molar-refractivity contribution in [3.05, 3.63) is 0 Å². The zero-order valence-electron chi connectivity index (χ0n) is 9.45. The van der Waals surface area contributed by atoms with Crippen LogP contribution >= 0.6 is 0 Å². The molecular weight excluding hydrogens is 164 g/mol. The lowest BCUT2D eigenvalue weighted by molar-refractivity contribution is 0.121. The van der Waals surface area contributed by atoms with Gasteiger partial charge in [0.05, 0.1) is 6.10 Å². The maximum Gasteiger partial charge on any atom is 0.0639 e. The third kappa shape index (κ3) is 8.22. The van der Waals surface area contributed by atoms with Gasteiger partial charge >= 0.3 is 0 Å². The monoisotopic (exact) mass is 188 g/mol. The number of aliphatic hydroxyl groups excluding tert-OH is 1. The minimum absolute atomic E-state index is 0.214. The van der Waals surface area contributed by atoms with E-state index in [4.69, 9.17) is 0 Å². The van der Waals surface area contributed by atoms with Crippen molar-refractivity contribution in [1.29, 1.82) is 0 Å². The van der Waals surface area contributed by atoms with Crippen LogP contribution < -0.4 is 0 Å². The standard InChI is InChI=1S/C10H24N2O/c1-5-6-12(9-10(2)13)8-7-11(3)4/h10,13H,5-9H2,1-4H3/t10-/m1/s1. The highest BCUT2D eigenvalue weighted by Crippen LogP contribution is 1.94. The lowest BCUT2D eigenvalue weighted by Crippen LogP contribution is -2.36. The Morgan fingerprint density at radius 1 is 1.15 bits per heavy atom. The summed E-state index contributed by atoms with van der Waals surface area (Å²) in [5.74, 6) is 0. The van der Waals surface area contributed by atoms with Gasteiger partial charge in [-0.05, 0) is 34.0 Å². The molecule has 0 aliphatic heterocycles. The fraction of sp³-hybridized carbons (Fsp3) is 1.00. The molecule has 0 aromatic carbocycles. The molecule has 0 fully saturated rings. The number of hydrogen-bond donors (Lipinski definition) is 1. The van der Waals surface area contributed by atoms with Gasteiger partial charge in [0, 0.05) is 19.6 Å². The van der Waals surface area contributed by atoms with Gasteiger partial charge in [-0.15, -0.1) is 0 Å². The highest BCUT2D eigenvalue weighted by molar-refractivity contribution is 4.62. The molecule has 3 nitrogen and oxygen atoms in total. The van der Waals surface area contributed by atoms with Gasteiger partial charge in [0.15, 0.2) is 0 Å². The van der Waals surface area contributed by atoms with Crippen LogP contribution in [-0.4, -0.2) is 61.3 Å². The molecule has 80 valence electrons. The van der Waals surface area contributed by atoms with E-state index in [2.05, 4.69) is 30.8 Å². The molecule has 1 atom stereocenters. The van der Waals surface area contributed by atoms with Crippen LogP contribution in [0.5, 0.6) is 0 Å². The number of hydrogen-bond acceptors (Lipinski definition) is 3. The van der Waals surface area contributed by atoms with Crippen LogP contribution in [0.2, 0.25) is 0 Å². The predicted octanol–water partition coefficient (Wildman–Crippen LogP) is 0.641. The van der Waals surface area contributed by atoms with E-state index < -0.39 is 0 Å². The Labute approximate surface area is 82.3 Å². The molecule has 1 N–H and O–H groups in total. The van der Waals surface area contributed by atoms with Gasteiger partial charge < -0.3 is 10.0 Å². The number of nitrogens with zero attached hydrogens (tertiary/aromatic N) is 2. The molecule has 13 heavy (non-hydrogen) atoms. The van der Waals surface area contributed by atoms with Crippen molar-refractivity contribution >= 4 is 0 Å². The fourth-order valence-corrected chi connectivity index (χ4v) is 1.33. The molecule has 0 radical (unpaired) electrons. The number of aliphatic hydroxyl groups is 1. The topological polar surface area (TPSA) is 26.7 Å². The van der Waals surface area contributed by atoms with Crippen LogP contribution in [0.25, 0.3) is 0 Å². The second-order valence-corrected chi connectivity index (χ2v) is 3.95. The molecule has 0 saturated carbocycles. The lowest BCUT2D eigenvalue weighted by Gasteiger charge is -2.24. The quantitative estimate of drug-likeness (QED) is 0.635. The highest BCUT2D eigenvalue weighted by atomic mass is 16.3. The Balaban J connectivity index is 3.66. The molecule has 0 spiro atoms. The van der Waals surface area contributed by atoms with Crippen molar-refractivity contribution in [1.82, 2.24) is 9.80 Å². The van der Waals surface area contributed by atoms with Gasteiger partial charge in [0.25, 0.3) is 0 Å². The van der Waals surface area contributed by atoms with E-state index in [1.807, 2.05) is 6.92 Å². The van der Waals surface area contributed by atoms with Crippen LogP contribution in [-0.2, 0) is 0 Å². The summed E-state index contributed by atoms with van der Waals surface area (Å²) in [5, 5.41) is 9.26. The molecule has 0 amide bonds. The molecule has 0 aliphatic rings. The molecule has 0 heterocycles. The summed E-state index contributed by atoms with van der Waals surface area (Å²) >= 11 is 0. The number of likely N-dealkylation sites (N-methyl/N-ethyl adjacent to an activating group) is 1. The van der Waals surface area contributed by atoms with Gasteiger partial charge in [-0.25, -0.2) is 0 Å². The zero-order valence-corrected chi connectivity index (χ0v) is 9.45. The average Bonchev–Trinajstić information content (AvgIpc) is 1.99. The molecule has 0 rings (SSSR count). The van der Waals surface area contributed by atoms with Gasteiger partial charge in [0.2, 0.25) is 0 Å². The fourth-order valence-electron chi connectivity index (χ4n) is 1.33. The Hall–Kier alpha value is -0.120. The second kappa shape index (κ2) is 7.30. The molecule has 0 aromatic heterocycles. The highest BCUT2D eigenvalue weighted by Gasteiger charge is 2.06. The van der Waals surface area contributed by atoms with Gasteiger partial charge in [-0.2, -0.15) is 0 Å². The molecule has 0 aliphatic carbocycles. The normalized spacial score (nSPS) is 14.1. The third-order valence-electron chi connectivity index (χ3n) is 1.93. The van der Waals surface area contributed by atoms with Crippen molar-refractivity contribution in [2.24, 2.45) is 0 Å². The summed E-state index contributed by atoms with van der Waals surface area (Å²) in [5.41, 5.74) is 0. The largest absolute Gasteiger partial charge is 0.392 e. The third-order valence-corrected chi connectivity index (χ3v) is 1.93. The first kappa shape index (κ1) is 12.9. The first-order valence-electron chi connectivity index (χ1n) is 5.11. The van der Waals surface area contributed by atoms with E-state index in [1.165, 1.54) is 0 Å². The second-order valence-electron chi connectivity index (χ2n) is 3.95. The number of rotatable bonds is 7. The Kier molecular flexibility index (Phi) is 7.23. The van der Waals surface area contributed by atoms with Crippen molar-refractivity contribution in [3.8, 4) is 0 Å². The Bertz CT molecular complexity index is 115. The van der Waals surface area contributed by atoms with E-state index in [0.29, 0.717) is 0 Å². The van der Waals surface area contributed by atoms with Crippen molar-refractivity contribution < 1.29 is 5.11 Å². The van der Waals surface area contributed by atoms with Gasteiger partial charge in [-0.3, -0.25) is 4.90 Å². The van der Waals surface area contributed by atoms with Crippen LogP contribution in [0.4, 0.5) is 0 Å². The van der Waals surface area contributed by atoms with E-state index in [0.717, 1.165) is 32.6 Å². The molecule has 0 aromatic rings. The first-order chi connectivity index (χ1) is 6.06. The minimum Gasteiger partial charge on any atom is -0.392 e. The van der Waals surface area contributed by atoms with E-state index >= 15 is 0 Å². The van der Waals surface area contributed by atoms with Crippen molar-refractivity contribution in [3.63, 3.8) is 0 Å². The molecular formula is C10H24N2O. The average molecular weight is 188 g/mol. The van der Waals surface area contributed by atoms with Crippen LogP contribution in [0, 0.1) is 0 Å². The summed E-state index contributed by atoms with van der Waals surface area (Å²) in [4.78, 5) is 4.48. The summed E-state index contributed by atoms with van der Waals surface area (Å²) < 4.78 is 0. The SMILES string of the molecule is CCCN(CCN(C)C)C[C@@H](C)O. The summed E-state index contributed by atoms with van der Waals surface area (Å²) in [6.45, 7) is 8.00. The van der Waals surface area contributed by atoms with Gasteiger partial charge in [0.1, 0.15) is 0 Å². The summed E-state index contributed by atoms with van der Waals surface area (Å²) in [6, 6.07) is 0. The van der Waals surface area contributed by atoms with Gasteiger partial charge in [-0.1, -0.05) is 6.92 Å². The van der Waals surface area contributed by atoms with Crippen molar-refractivity contribution in [2.45, 2.75) is 26.4 Å². The van der Waals surface area contributed by atoms with E-state index in [-0.39, 0.29) is 6.10 Å². The van der Waals surface area contributed by atoms with E-state index in [9.17, 15) is 5.11 Å². The zero-order chi connectivity index (χ0) is 10.3. The van der Waals surface area contributed by atoms with Crippen molar-refractivity contribution in [2.75, 3.05) is 40.3 Å². The minimum atomic E-state index is -0.214. The lowest BCUT2D eigenvalue weighted by atomic mass is 10.3. The van der Waals surface area contributed by atoms with Crippen LogP contribution in [0.3, 0.4) is 0 Å². The van der Waals surface area contributed by atoms with E-state index in [1.54, 1.807) is 0 Å². The maximum absolute atomic E-state index is 9.26. The molecule has 0 bridgehead atoms. The first-order valence-corrected chi connectivity index (χ1v) is 5.11. The van der Waals surface area contributed by atoms with Crippen LogP contribution in [0.1, 0.15) is 20.3 Å². The molecule has 3 heteroatoms. The summed E-state index contributed by atoms with van der Waals surface area (Å²) in [7, 11) is 4.15. The Morgan fingerprint density at radius 3 is 2.15 bits per heavy atom. The molecule has 0 saturated heterocycles. The van der Waals surface area contributed by atoms with Crippen LogP contribution in [0.15, 0.2) is 0 Å². The smallest absolute Gasteiger partial charge is 0.0639 e. The summed E-state index contributed by atoms with van der Waals surface area (Å²) in [6.07, 6.45) is 0.939. The molecule has 0 unspecified atom stereocenters. The maximum atomic E-state index is 9.26. The predicted molar refractivity (Wildman–Crippen MR) is 57.0 cm³/mol. The Morgan fingerprint density at radius 2 is 1.77 bits per heavy atom.